The number of Topliss-reactive ketones (excluding diaryl/α,β-unsaturated/α-hetero) is 1. The van der Waals surface area contributed by atoms with Gasteiger partial charge in [-0.15, -0.1) is 0 Å². The molecule has 11 nitrogen and oxygen atoms in total. The predicted molar refractivity (Wildman–Crippen MR) is 108 cm³/mol. The molecule has 0 bridgehead atoms. The van der Waals surface area contributed by atoms with E-state index in [2.05, 4.69) is 15.4 Å². The maximum Gasteiger partial charge on any atom is 0.328 e. The summed E-state index contributed by atoms with van der Waals surface area (Å²) in [6.45, 7) is 7.31. The van der Waals surface area contributed by atoms with Gasteiger partial charge in [-0.25, -0.2) is 4.79 Å². The normalized spacial score (nSPS) is 12.6. The van der Waals surface area contributed by atoms with Gasteiger partial charge in [0.05, 0.1) is 12.7 Å². The highest BCUT2D eigenvalue weighted by Gasteiger charge is 2.29. The fourth-order valence-corrected chi connectivity index (χ4v) is 2.44. The van der Waals surface area contributed by atoms with Gasteiger partial charge < -0.3 is 31.4 Å². The van der Waals surface area contributed by atoms with E-state index in [0.29, 0.717) is 6.42 Å². The highest BCUT2D eigenvalue weighted by atomic mass is 16.5. The highest BCUT2D eigenvalue weighted by molar-refractivity contribution is 6.25. The molecule has 30 heavy (non-hydrogen) atoms. The Bertz CT molecular complexity index is 631. The first-order valence-corrected chi connectivity index (χ1v) is 9.88. The summed E-state index contributed by atoms with van der Waals surface area (Å²) in [5.74, 6) is -2.20. The van der Waals surface area contributed by atoms with Gasteiger partial charge in [0, 0.05) is 13.0 Å². The maximum atomic E-state index is 12.8. The van der Waals surface area contributed by atoms with Crippen LogP contribution in [-0.2, 0) is 28.7 Å². The summed E-state index contributed by atoms with van der Waals surface area (Å²) in [7, 11) is 0. The topological polar surface area (TPSA) is 173 Å². The number of esters is 1. The lowest BCUT2D eigenvalue weighted by atomic mass is 10.0. The Morgan fingerprint density at radius 2 is 1.77 bits per heavy atom. The zero-order chi connectivity index (χ0) is 23.1. The molecule has 0 aromatic carbocycles. The Balaban J connectivity index is 5.21. The molecule has 0 aromatic heterocycles. The fraction of sp³-hybridized carbons (Fsp3) is 0.737. The second-order valence-corrected chi connectivity index (χ2v) is 7.39. The standard InChI is InChI=1S/C19H33N5O6/c1-12(2)9-16(23-17(26)11-29-8-7-20)18(27)24-15(19(28)30-13(3)4)6-5-14(25)10-22-21/h10,12-13,15-16H,5-9,11,20H2,1-4H3,(H,23,26)(H,24,27)/t15?,16-/m0/s1. The van der Waals surface area contributed by atoms with Crippen molar-refractivity contribution in [2.24, 2.45) is 11.7 Å². The Labute approximate surface area is 176 Å². The minimum Gasteiger partial charge on any atom is -0.461 e. The number of ketones is 1. The minimum atomic E-state index is -1.10. The number of rotatable bonds is 15. The van der Waals surface area contributed by atoms with Crippen molar-refractivity contribution >= 4 is 29.8 Å². The van der Waals surface area contributed by atoms with Crippen molar-refractivity contribution < 1.29 is 33.4 Å². The smallest absolute Gasteiger partial charge is 0.328 e. The van der Waals surface area contributed by atoms with Crippen LogP contribution in [0.3, 0.4) is 0 Å². The molecule has 2 atom stereocenters. The van der Waals surface area contributed by atoms with E-state index in [1.165, 1.54) is 0 Å². The molecule has 1 unspecified atom stereocenters. The highest BCUT2D eigenvalue weighted by Crippen LogP contribution is 2.08. The summed E-state index contributed by atoms with van der Waals surface area (Å²) < 4.78 is 10.2. The van der Waals surface area contributed by atoms with Crippen LogP contribution in [-0.4, -0.2) is 72.5 Å². The number of ether oxygens (including phenoxy) is 2. The number of carbonyl (C=O) groups is 4. The molecule has 0 saturated carbocycles. The Morgan fingerprint density at radius 3 is 2.30 bits per heavy atom. The lowest BCUT2D eigenvalue weighted by Gasteiger charge is -2.24. The lowest BCUT2D eigenvalue weighted by Crippen LogP contribution is -2.53. The first kappa shape index (κ1) is 27.4. The van der Waals surface area contributed by atoms with Crippen molar-refractivity contribution in [3.63, 3.8) is 0 Å². The second kappa shape index (κ2) is 15.3. The lowest BCUT2D eigenvalue weighted by molar-refractivity contribution is -0.152. The number of amides is 2. The molecule has 0 spiro atoms. The van der Waals surface area contributed by atoms with Crippen LogP contribution in [0.4, 0.5) is 0 Å². The van der Waals surface area contributed by atoms with Gasteiger partial charge in [0.15, 0.2) is 0 Å². The first-order chi connectivity index (χ1) is 14.1. The Morgan fingerprint density at radius 1 is 1.10 bits per heavy atom. The third-order valence-electron chi connectivity index (χ3n) is 3.69. The molecule has 0 aliphatic carbocycles. The van der Waals surface area contributed by atoms with Crippen LogP contribution in [0.15, 0.2) is 0 Å². The van der Waals surface area contributed by atoms with Gasteiger partial charge in [-0.1, -0.05) is 13.8 Å². The van der Waals surface area contributed by atoms with Gasteiger partial charge in [-0.3, -0.25) is 14.4 Å². The van der Waals surface area contributed by atoms with Gasteiger partial charge >= 0.3 is 12.2 Å². The molecule has 2 amide bonds. The summed E-state index contributed by atoms with van der Waals surface area (Å²) >= 11 is 0. The van der Waals surface area contributed by atoms with E-state index in [0.717, 1.165) is 6.21 Å². The molecule has 0 heterocycles. The van der Waals surface area contributed by atoms with E-state index >= 15 is 0 Å². The van der Waals surface area contributed by atoms with Crippen molar-refractivity contribution in [2.75, 3.05) is 19.8 Å². The molecule has 170 valence electrons. The van der Waals surface area contributed by atoms with Gasteiger partial charge in [-0.05, 0) is 32.6 Å². The van der Waals surface area contributed by atoms with Crippen molar-refractivity contribution in [2.45, 2.75) is 65.1 Å². The molecule has 0 aliphatic rings. The van der Waals surface area contributed by atoms with E-state index < -0.39 is 41.8 Å². The van der Waals surface area contributed by atoms with Gasteiger partial charge in [-0.2, -0.15) is 4.79 Å². The van der Waals surface area contributed by atoms with Crippen LogP contribution in [0.25, 0.3) is 5.53 Å². The van der Waals surface area contributed by atoms with Crippen LogP contribution in [0.1, 0.15) is 47.0 Å². The number of carbonyl (C=O) groups excluding carboxylic acids is 4. The van der Waals surface area contributed by atoms with Crippen molar-refractivity contribution in [3.05, 3.63) is 5.53 Å². The van der Waals surface area contributed by atoms with Crippen LogP contribution >= 0.6 is 0 Å². The van der Waals surface area contributed by atoms with Crippen LogP contribution in [0.2, 0.25) is 0 Å². The van der Waals surface area contributed by atoms with Crippen LogP contribution in [0.5, 0.6) is 0 Å². The first-order valence-electron chi connectivity index (χ1n) is 9.88. The molecule has 0 rings (SSSR count). The summed E-state index contributed by atoms with van der Waals surface area (Å²) in [6.07, 6.45) is 0.435. The molecule has 0 fully saturated rings. The molecule has 0 radical (unpaired) electrons. The van der Waals surface area contributed by atoms with Gasteiger partial charge in [0.25, 0.3) is 0 Å². The number of nitrogens with one attached hydrogen (secondary N) is 2. The number of hydrogen-bond donors (Lipinski definition) is 3. The van der Waals surface area contributed by atoms with E-state index in [1.807, 2.05) is 13.8 Å². The fourth-order valence-electron chi connectivity index (χ4n) is 2.44. The van der Waals surface area contributed by atoms with Crippen molar-refractivity contribution in [1.29, 1.82) is 0 Å². The molecular weight excluding hydrogens is 394 g/mol. The van der Waals surface area contributed by atoms with Crippen molar-refractivity contribution in [3.8, 4) is 0 Å². The van der Waals surface area contributed by atoms with Crippen LogP contribution < -0.4 is 16.4 Å². The molecule has 0 saturated heterocycles. The van der Waals surface area contributed by atoms with Crippen molar-refractivity contribution in [1.82, 2.24) is 10.6 Å². The molecular formula is C19H33N5O6. The summed E-state index contributed by atoms with van der Waals surface area (Å²) in [6, 6.07) is -2.00. The van der Waals surface area contributed by atoms with E-state index in [9.17, 15) is 19.2 Å². The number of hydrogen-bond acceptors (Lipinski definition) is 7. The monoisotopic (exact) mass is 427 g/mol. The summed E-state index contributed by atoms with van der Waals surface area (Å²) in [4.78, 5) is 51.4. The Kier molecular flexibility index (Phi) is 13.9. The van der Waals surface area contributed by atoms with Gasteiger partial charge in [0.2, 0.25) is 17.6 Å². The summed E-state index contributed by atoms with van der Waals surface area (Å²) in [5.41, 5.74) is 13.7. The second-order valence-electron chi connectivity index (χ2n) is 7.39. The average Bonchev–Trinajstić information content (AvgIpc) is 2.63. The van der Waals surface area contributed by atoms with E-state index in [1.54, 1.807) is 13.8 Å². The molecule has 0 aliphatic heterocycles. The third-order valence-corrected chi connectivity index (χ3v) is 3.69. The van der Waals surface area contributed by atoms with E-state index in [4.69, 9.17) is 20.7 Å². The van der Waals surface area contributed by atoms with Gasteiger partial charge in [0.1, 0.15) is 18.7 Å². The van der Waals surface area contributed by atoms with Crippen LogP contribution in [0, 0.1) is 5.92 Å². The predicted octanol–water partition coefficient (Wildman–Crippen LogP) is -0.421. The third kappa shape index (κ3) is 12.8. The number of nitrogens with zero attached hydrogens (tertiary/aromatic N) is 2. The minimum absolute atomic E-state index is 0.0515. The zero-order valence-corrected chi connectivity index (χ0v) is 18.1. The Hall–Kier alpha value is -2.62. The zero-order valence-electron chi connectivity index (χ0n) is 18.1. The average molecular weight is 428 g/mol. The maximum absolute atomic E-state index is 12.8. The largest absolute Gasteiger partial charge is 0.461 e. The number of nitrogens with two attached hydrogens (primary N) is 1. The molecule has 11 heteroatoms. The molecule has 4 N–H and O–H groups in total. The molecule has 0 aromatic rings. The summed E-state index contributed by atoms with van der Waals surface area (Å²) in [5, 5.41) is 5.14. The SMILES string of the molecule is CC(C)C[C@H](NC(=O)COCCN)C(=O)NC(CCC(=O)C=[N+]=[N-])C(=O)OC(C)C. The quantitative estimate of drug-likeness (QED) is 0.105. The van der Waals surface area contributed by atoms with E-state index in [-0.39, 0.29) is 38.5 Å².